The zero-order chi connectivity index (χ0) is 15.6. The summed E-state index contributed by atoms with van der Waals surface area (Å²) in [5.41, 5.74) is 0.860. The van der Waals surface area contributed by atoms with Crippen molar-refractivity contribution in [3.63, 3.8) is 0 Å². The summed E-state index contributed by atoms with van der Waals surface area (Å²) < 4.78 is 13.5. The summed E-state index contributed by atoms with van der Waals surface area (Å²) in [5.74, 6) is -2.79. The molecular formula is C15H11ClFNO3. The fourth-order valence-electron chi connectivity index (χ4n) is 1.77. The lowest BCUT2D eigenvalue weighted by atomic mass is 10.1. The maximum atomic E-state index is 13.5. The van der Waals surface area contributed by atoms with Gasteiger partial charge in [0.05, 0.1) is 16.1 Å². The summed E-state index contributed by atoms with van der Waals surface area (Å²) in [4.78, 5) is 22.8. The Labute approximate surface area is 125 Å². The first-order valence-corrected chi connectivity index (χ1v) is 6.36. The van der Waals surface area contributed by atoms with Gasteiger partial charge in [-0.25, -0.2) is 9.18 Å². The van der Waals surface area contributed by atoms with Crippen molar-refractivity contribution >= 4 is 29.2 Å². The molecular weight excluding hydrogens is 297 g/mol. The standard InChI is InChI=1S/C15H11ClFNO3/c1-8-2-4-10(12(16)6-8)14(19)18-9-3-5-11(15(20)21)13(17)7-9/h2-7H,1H3,(H,18,19)(H,20,21). The second-order valence-electron chi connectivity index (χ2n) is 4.44. The van der Waals surface area contributed by atoms with Crippen LogP contribution in [0.25, 0.3) is 0 Å². The first-order valence-electron chi connectivity index (χ1n) is 5.99. The van der Waals surface area contributed by atoms with Crippen molar-refractivity contribution in [2.75, 3.05) is 5.32 Å². The highest BCUT2D eigenvalue weighted by molar-refractivity contribution is 6.34. The number of amides is 1. The van der Waals surface area contributed by atoms with E-state index in [4.69, 9.17) is 16.7 Å². The SMILES string of the molecule is Cc1ccc(C(=O)Nc2ccc(C(=O)O)c(F)c2)c(Cl)c1. The lowest BCUT2D eigenvalue weighted by Crippen LogP contribution is -2.13. The predicted octanol–water partition coefficient (Wildman–Crippen LogP) is 3.74. The summed E-state index contributed by atoms with van der Waals surface area (Å²) >= 11 is 5.98. The van der Waals surface area contributed by atoms with Crippen molar-refractivity contribution in [1.29, 1.82) is 0 Å². The molecule has 2 aromatic carbocycles. The zero-order valence-electron chi connectivity index (χ0n) is 11.0. The predicted molar refractivity (Wildman–Crippen MR) is 77.5 cm³/mol. The number of carboxylic acid groups (broad SMARTS) is 1. The van der Waals surface area contributed by atoms with Crippen LogP contribution in [0.3, 0.4) is 0 Å². The van der Waals surface area contributed by atoms with Crippen molar-refractivity contribution in [3.8, 4) is 0 Å². The molecule has 2 N–H and O–H groups in total. The first-order chi connectivity index (χ1) is 9.88. The molecule has 2 aromatic rings. The summed E-state index contributed by atoms with van der Waals surface area (Å²) in [6.45, 7) is 1.84. The number of nitrogens with one attached hydrogen (secondary N) is 1. The van der Waals surface area contributed by atoms with Crippen molar-refractivity contribution in [2.45, 2.75) is 6.92 Å². The van der Waals surface area contributed by atoms with Gasteiger partial charge in [0.2, 0.25) is 0 Å². The summed E-state index contributed by atoms with van der Waals surface area (Å²) in [6.07, 6.45) is 0. The highest BCUT2D eigenvalue weighted by Gasteiger charge is 2.14. The van der Waals surface area contributed by atoms with E-state index in [0.717, 1.165) is 17.7 Å². The average Bonchev–Trinajstić information content (AvgIpc) is 2.37. The van der Waals surface area contributed by atoms with E-state index < -0.39 is 23.3 Å². The molecule has 2 rings (SSSR count). The lowest BCUT2D eigenvalue weighted by molar-refractivity contribution is 0.0692. The van der Waals surface area contributed by atoms with E-state index in [0.29, 0.717) is 0 Å². The monoisotopic (exact) mass is 307 g/mol. The lowest BCUT2D eigenvalue weighted by Gasteiger charge is -2.08. The molecule has 0 radical (unpaired) electrons. The Bertz CT molecular complexity index is 731. The zero-order valence-corrected chi connectivity index (χ0v) is 11.7. The topological polar surface area (TPSA) is 66.4 Å². The minimum absolute atomic E-state index is 0.152. The van der Waals surface area contributed by atoms with Gasteiger partial charge in [0.15, 0.2) is 0 Å². The highest BCUT2D eigenvalue weighted by atomic mass is 35.5. The largest absolute Gasteiger partial charge is 0.478 e. The van der Waals surface area contributed by atoms with Gasteiger partial charge in [-0.2, -0.15) is 0 Å². The van der Waals surface area contributed by atoms with Gasteiger partial charge in [-0.3, -0.25) is 4.79 Å². The summed E-state index contributed by atoms with van der Waals surface area (Å²) in [6, 6.07) is 8.29. The molecule has 0 spiro atoms. The van der Waals surface area contributed by atoms with Gasteiger partial charge in [0, 0.05) is 5.69 Å². The number of carbonyl (C=O) groups is 2. The highest BCUT2D eigenvalue weighted by Crippen LogP contribution is 2.20. The summed E-state index contributed by atoms with van der Waals surface area (Å²) in [7, 11) is 0. The number of aromatic carboxylic acids is 1. The molecule has 21 heavy (non-hydrogen) atoms. The molecule has 0 atom stereocenters. The Hall–Kier alpha value is -2.40. The second kappa shape index (κ2) is 5.93. The number of carbonyl (C=O) groups excluding carboxylic acids is 1. The van der Waals surface area contributed by atoms with E-state index in [2.05, 4.69) is 5.32 Å². The Morgan fingerprint density at radius 2 is 1.81 bits per heavy atom. The minimum Gasteiger partial charge on any atom is -0.478 e. The normalized spacial score (nSPS) is 10.2. The number of benzene rings is 2. The molecule has 6 heteroatoms. The van der Waals surface area contributed by atoms with E-state index in [1.54, 1.807) is 18.2 Å². The van der Waals surface area contributed by atoms with Crippen LogP contribution in [-0.4, -0.2) is 17.0 Å². The third kappa shape index (κ3) is 3.38. The molecule has 0 heterocycles. The fraction of sp³-hybridized carbons (Fsp3) is 0.0667. The Balaban J connectivity index is 2.23. The van der Waals surface area contributed by atoms with Gasteiger partial charge in [-0.05, 0) is 42.8 Å². The first kappa shape index (κ1) is 15.0. The van der Waals surface area contributed by atoms with Crippen LogP contribution in [-0.2, 0) is 0 Å². The van der Waals surface area contributed by atoms with E-state index in [1.165, 1.54) is 6.07 Å². The van der Waals surface area contributed by atoms with Crippen LogP contribution in [0.5, 0.6) is 0 Å². The molecule has 108 valence electrons. The third-order valence-electron chi connectivity index (χ3n) is 2.83. The van der Waals surface area contributed by atoms with Crippen LogP contribution in [0.1, 0.15) is 26.3 Å². The van der Waals surface area contributed by atoms with Crippen molar-refractivity contribution in [3.05, 3.63) is 63.9 Å². The van der Waals surface area contributed by atoms with Crippen molar-refractivity contribution in [1.82, 2.24) is 0 Å². The minimum atomic E-state index is -1.37. The van der Waals surface area contributed by atoms with E-state index >= 15 is 0 Å². The van der Waals surface area contributed by atoms with Crippen LogP contribution < -0.4 is 5.32 Å². The molecule has 1 amide bonds. The van der Waals surface area contributed by atoms with Crippen LogP contribution in [0.15, 0.2) is 36.4 Å². The van der Waals surface area contributed by atoms with Gasteiger partial charge >= 0.3 is 5.97 Å². The summed E-state index contributed by atoms with van der Waals surface area (Å²) in [5, 5.41) is 11.5. The van der Waals surface area contributed by atoms with Gasteiger partial charge in [0.1, 0.15) is 5.82 Å². The Morgan fingerprint density at radius 1 is 1.14 bits per heavy atom. The third-order valence-corrected chi connectivity index (χ3v) is 3.14. The fourth-order valence-corrected chi connectivity index (χ4v) is 2.09. The van der Waals surface area contributed by atoms with E-state index in [1.807, 2.05) is 6.92 Å². The number of halogens is 2. The maximum Gasteiger partial charge on any atom is 0.338 e. The van der Waals surface area contributed by atoms with Gasteiger partial charge < -0.3 is 10.4 Å². The van der Waals surface area contributed by atoms with Crippen LogP contribution >= 0.6 is 11.6 Å². The molecule has 0 aliphatic carbocycles. The number of rotatable bonds is 3. The number of aryl methyl sites for hydroxylation is 1. The number of hydrogen-bond acceptors (Lipinski definition) is 2. The van der Waals surface area contributed by atoms with Crippen molar-refractivity contribution < 1.29 is 19.1 Å². The molecule has 0 saturated carbocycles. The maximum absolute atomic E-state index is 13.5. The molecule has 4 nitrogen and oxygen atoms in total. The molecule has 0 saturated heterocycles. The van der Waals surface area contributed by atoms with Crippen molar-refractivity contribution in [2.24, 2.45) is 0 Å². The molecule has 0 fully saturated rings. The van der Waals surface area contributed by atoms with Crippen LogP contribution in [0, 0.1) is 12.7 Å². The average molecular weight is 308 g/mol. The molecule has 0 bridgehead atoms. The van der Waals surface area contributed by atoms with Gasteiger partial charge in [-0.15, -0.1) is 0 Å². The number of hydrogen-bond donors (Lipinski definition) is 2. The number of carboxylic acids is 1. The smallest absolute Gasteiger partial charge is 0.338 e. The Morgan fingerprint density at radius 3 is 2.38 bits per heavy atom. The second-order valence-corrected chi connectivity index (χ2v) is 4.84. The number of anilines is 1. The molecule has 0 unspecified atom stereocenters. The quantitative estimate of drug-likeness (QED) is 0.907. The molecule has 0 aliphatic rings. The van der Waals surface area contributed by atoms with Crippen LogP contribution in [0.4, 0.5) is 10.1 Å². The molecule has 0 aromatic heterocycles. The van der Waals surface area contributed by atoms with Crippen LogP contribution in [0.2, 0.25) is 5.02 Å². The van der Waals surface area contributed by atoms with Gasteiger partial charge in [-0.1, -0.05) is 17.7 Å². The van der Waals surface area contributed by atoms with E-state index in [9.17, 15) is 14.0 Å². The Kier molecular flexibility index (Phi) is 4.23. The molecule has 0 aliphatic heterocycles. The van der Waals surface area contributed by atoms with E-state index in [-0.39, 0.29) is 16.3 Å². The van der Waals surface area contributed by atoms with Gasteiger partial charge in [0.25, 0.3) is 5.91 Å².